The Morgan fingerprint density at radius 3 is 2.29 bits per heavy atom. The Bertz CT molecular complexity index is 1560. The molecule has 0 bridgehead atoms. The van der Waals surface area contributed by atoms with Crippen LogP contribution in [0.5, 0.6) is 11.5 Å². The van der Waals surface area contributed by atoms with Gasteiger partial charge in [-0.3, -0.25) is 9.55 Å². The second-order valence-corrected chi connectivity index (χ2v) is 10.6. The fourth-order valence-electron chi connectivity index (χ4n) is 5.07. The van der Waals surface area contributed by atoms with E-state index in [2.05, 4.69) is 69.8 Å². The molecule has 6 rings (SSSR count). The number of pyridine rings is 1. The lowest BCUT2D eigenvalue weighted by molar-refractivity contribution is 0.482. The van der Waals surface area contributed by atoms with E-state index in [0.717, 1.165) is 39.4 Å². The maximum absolute atomic E-state index is 6.07. The summed E-state index contributed by atoms with van der Waals surface area (Å²) < 4.78 is 8.29. The smallest absolute Gasteiger partial charge is 0.193 e. The molecule has 1 N–H and O–H groups in total. The number of hydrogen-bond donors (Lipinski definition) is 1. The first-order chi connectivity index (χ1) is 18.5. The van der Waals surface area contributed by atoms with E-state index in [-0.39, 0.29) is 12.1 Å². The first-order valence-electron chi connectivity index (χ1n) is 12.4. The zero-order valence-corrected chi connectivity index (χ0v) is 23.0. The fraction of sp³-hybridized carbons (Fsp3) is 0.167. The second kappa shape index (κ2) is 10.0. The molecule has 0 amide bonds. The molecule has 2 aromatic carbocycles. The van der Waals surface area contributed by atoms with Gasteiger partial charge in [0.15, 0.2) is 10.2 Å². The van der Waals surface area contributed by atoms with Crippen molar-refractivity contribution >= 4 is 34.4 Å². The van der Waals surface area contributed by atoms with Gasteiger partial charge in [0.25, 0.3) is 0 Å². The highest BCUT2D eigenvalue weighted by atomic mass is 32.1. The maximum atomic E-state index is 6.07. The number of rotatable bonds is 6. The highest BCUT2D eigenvalue weighted by molar-refractivity contribution is 7.80. The Kier molecular flexibility index (Phi) is 6.43. The van der Waals surface area contributed by atoms with Crippen molar-refractivity contribution in [3.63, 3.8) is 0 Å². The van der Waals surface area contributed by atoms with Crippen molar-refractivity contribution in [1.29, 1.82) is 0 Å². The highest BCUT2D eigenvalue weighted by Crippen LogP contribution is 2.44. The number of nitrogens with one attached hydrogen (secondary N) is 1. The van der Waals surface area contributed by atoms with Crippen LogP contribution in [0.1, 0.15) is 40.3 Å². The van der Waals surface area contributed by atoms with Crippen molar-refractivity contribution in [3.8, 4) is 16.6 Å². The van der Waals surface area contributed by atoms with Crippen molar-refractivity contribution in [1.82, 2.24) is 19.9 Å². The number of ether oxygens (including phenoxy) is 1. The first-order valence-corrected chi connectivity index (χ1v) is 13.7. The van der Waals surface area contributed by atoms with E-state index in [1.807, 2.05) is 66.3 Å². The van der Waals surface area contributed by atoms with Crippen LogP contribution in [0.2, 0.25) is 0 Å². The molecule has 0 saturated carbocycles. The van der Waals surface area contributed by atoms with E-state index in [0.29, 0.717) is 5.11 Å². The molecule has 6 nitrogen and oxygen atoms in total. The first kappa shape index (κ1) is 24.3. The highest BCUT2D eigenvalue weighted by Gasteiger charge is 2.42. The number of nitrogens with zero attached hydrogens (tertiary/aromatic N) is 4. The van der Waals surface area contributed by atoms with E-state index in [1.165, 1.54) is 11.1 Å². The van der Waals surface area contributed by atoms with Gasteiger partial charge in [-0.15, -0.1) is 11.3 Å². The Labute approximate surface area is 231 Å². The normalized spacial score (nSPS) is 17.0. The van der Waals surface area contributed by atoms with Crippen molar-refractivity contribution in [2.75, 3.05) is 4.90 Å². The monoisotopic (exact) mass is 537 g/mol. The van der Waals surface area contributed by atoms with E-state index in [9.17, 15) is 0 Å². The van der Waals surface area contributed by atoms with Crippen molar-refractivity contribution in [2.24, 2.45) is 0 Å². The predicted molar refractivity (Wildman–Crippen MR) is 157 cm³/mol. The SMILES string of the molecule is Cc1ccc(Oc2ccc(N3C(=S)NC(c4ccccn4)C3c3cc(C)n(-c4nccs4)c3C)cc2)cc1. The summed E-state index contributed by atoms with van der Waals surface area (Å²) in [6.45, 7) is 6.34. The lowest BCUT2D eigenvalue weighted by atomic mass is 9.96. The molecule has 4 heterocycles. The van der Waals surface area contributed by atoms with Gasteiger partial charge in [-0.25, -0.2) is 4.98 Å². The molecule has 3 aromatic heterocycles. The van der Waals surface area contributed by atoms with Crippen molar-refractivity contribution < 1.29 is 4.74 Å². The third kappa shape index (κ3) is 4.46. The third-order valence-electron chi connectivity index (χ3n) is 6.87. The van der Waals surface area contributed by atoms with Gasteiger partial charge in [-0.05, 0) is 93.1 Å². The van der Waals surface area contributed by atoms with Gasteiger partial charge in [0.1, 0.15) is 11.5 Å². The number of aryl methyl sites for hydroxylation is 2. The Morgan fingerprint density at radius 1 is 0.895 bits per heavy atom. The summed E-state index contributed by atoms with van der Waals surface area (Å²) in [4.78, 5) is 11.4. The van der Waals surface area contributed by atoms with Crippen LogP contribution < -0.4 is 15.0 Å². The minimum absolute atomic E-state index is 0.0961. The minimum Gasteiger partial charge on any atom is -0.457 e. The molecule has 1 aliphatic rings. The summed E-state index contributed by atoms with van der Waals surface area (Å²) in [7, 11) is 0. The van der Waals surface area contributed by atoms with E-state index in [1.54, 1.807) is 11.3 Å². The number of aromatic nitrogens is 3. The van der Waals surface area contributed by atoms with Crippen LogP contribution in [-0.2, 0) is 0 Å². The predicted octanol–water partition coefficient (Wildman–Crippen LogP) is 7.22. The Morgan fingerprint density at radius 2 is 1.63 bits per heavy atom. The number of benzene rings is 2. The third-order valence-corrected chi connectivity index (χ3v) is 7.94. The van der Waals surface area contributed by atoms with Crippen LogP contribution in [-0.4, -0.2) is 19.6 Å². The molecule has 0 radical (unpaired) electrons. The molecule has 1 saturated heterocycles. The van der Waals surface area contributed by atoms with Crippen LogP contribution in [0.4, 0.5) is 5.69 Å². The zero-order chi connectivity index (χ0) is 26.2. The largest absolute Gasteiger partial charge is 0.457 e. The lowest BCUT2D eigenvalue weighted by Gasteiger charge is -2.28. The number of hydrogen-bond acceptors (Lipinski definition) is 5. The van der Waals surface area contributed by atoms with Gasteiger partial charge < -0.3 is 15.0 Å². The quantitative estimate of drug-likeness (QED) is 0.231. The standard InChI is InChI=1S/C30H27N5OS2/c1-19-7-11-23(12-8-19)36-24-13-9-22(10-14-24)35-28(27(33-29(35)37)26-6-4-5-15-31-26)25-18-20(2)34(21(25)3)30-32-16-17-38-30/h4-18,27-28H,1-3H3,(H,33,37). The van der Waals surface area contributed by atoms with Gasteiger partial charge in [-0.1, -0.05) is 23.8 Å². The summed E-state index contributed by atoms with van der Waals surface area (Å²) >= 11 is 7.56. The molecule has 190 valence electrons. The molecule has 5 aromatic rings. The van der Waals surface area contributed by atoms with Gasteiger partial charge in [0.05, 0.1) is 17.8 Å². The second-order valence-electron chi connectivity index (χ2n) is 9.38. The van der Waals surface area contributed by atoms with Crippen LogP contribution in [0.3, 0.4) is 0 Å². The summed E-state index contributed by atoms with van der Waals surface area (Å²) in [5.74, 6) is 1.58. The topological polar surface area (TPSA) is 55.2 Å². The van der Waals surface area contributed by atoms with Crippen molar-refractivity contribution in [3.05, 3.63) is 119 Å². The van der Waals surface area contributed by atoms with Crippen LogP contribution in [0.15, 0.2) is 90.6 Å². The molecule has 0 spiro atoms. The number of thiocarbonyl (C=S) groups is 1. The Hall–Kier alpha value is -4.01. The van der Waals surface area contributed by atoms with Crippen LogP contribution in [0.25, 0.3) is 5.13 Å². The molecule has 38 heavy (non-hydrogen) atoms. The van der Waals surface area contributed by atoms with Crippen LogP contribution in [0, 0.1) is 20.8 Å². The van der Waals surface area contributed by atoms with E-state index in [4.69, 9.17) is 17.0 Å². The number of thiazole rings is 1. The Balaban J connectivity index is 1.39. The summed E-state index contributed by atoms with van der Waals surface area (Å²) in [5, 5.41) is 7.18. The van der Waals surface area contributed by atoms with E-state index < -0.39 is 0 Å². The maximum Gasteiger partial charge on any atom is 0.193 e. The molecule has 1 aliphatic heterocycles. The minimum atomic E-state index is -0.113. The summed E-state index contributed by atoms with van der Waals surface area (Å²) in [6.07, 6.45) is 3.67. The molecule has 2 unspecified atom stereocenters. The summed E-state index contributed by atoms with van der Waals surface area (Å²) in [5.41, 5.74) is 6.58. The number of anilines is 1. The zero-order valence-electron chi connectivity index (χ0n) is 21.3. The lowest BCUT2D eigenvalue weighted by Crippen LogP contribution is -2.29. The average molecular weight is 538 g/mol. The van der Waals surface area contributed by atoms with E-state index >= 15 is 0 Å². The molecule has 8 heteroatoms. The van der Waals surface area contributed by atoms with Crippen LogP contribution >= 0.6 is 23.6 Å². The molecule has 0 aliphatic carbocycles. The van der Waals surface area contributed by atoms with Gasteiger partial charge in [0, 0.05) is 34.8 Å². The average Bonchev–Trinajstić information content (AvgIpc) is 3.64. The molecule has 1 fully saturated rings. The van der Waals surface area contributed by atoms with Gasteiger partial charge in [0.2, 0.25) is 0 Å². The summed E-state index contributed by atoms with van der Waals surface area (Å²) in [6, 6.07) is 24.2. The fourth-order valence-corrected chi connectivity index (χ4v) is 6.17. The van der Waals surface area contributed by atoms with Gasteiger partial charge >= 0.3 is 0 Å². The molecule has 2 atom stereocenters. The molecular formula is C30H27N5OS2. The van der Waals surface area contributed by atoms with Gasteiger partial charge in [-0.2, -0.15) is 0 Å². The molecular weight excluding hydrogens is 510 g/mol. The van der Waals surface area contributed by atoms with Crippen molar-refractivity contribution in [2.45, 2.75) is 32.9 Å².